The largest absolute Gasteiger partial charge is 0.354 e. The van der Waals surface area contributed by atoms with Crippen LogP contribution in [0.15, 0.2) is 24.3 Å². The molecule has 0 spiro atoms. The molecule has 0 aromatic heterocycles. The number of aryl methyl sites for hydroxylation is 1. The molecule has 0 aliphatic carbocycles. The average molecular weight is 276 g/mol. The number of hydrogen-bond acceptors (Lipinski definition) is 2. The lowest BCUT2D eigenvalue weighted by Crippen LogP contribution is -2.38. The van der Waals surface area contributed by atoms with Crippen LogP contribution in [-0.4, -0.2) is 24.9 Å². The minimum Gasteiger partial charge on any atom is -0.354 e. The maximum Gasteiger partial charge on any atom is 0.251 e. The van der Waals surface area contributed by atoms with E-state index in [1.54, 1.807) is 12.1 Å². The summed E-state index contributed by atoms with van der Waals surface area (Å²) in [5.74, 6) is 0.145. The standard InChI is InChI=1S/C16H24N2O2/c1-4-13(5-2)10-17-15(19)11-18-16(20)14-8-6-12(3)7-9-14/h6-9,13H,4-5,10-11H2,1-3H3,(H,17,19)(H,18,20). The van der Waals surface area contributed by atoms with Gasteiger partial charge in [0.1, 0.15) is 0 Å². The number of benzene rings is 1. The van der Waals surface area contributed by atoms with Crippen LogP contribution in [0.25, 0.3) is 0 Å². The number of nitrogens with one attached hydrogen (secondary N) is 2. The molecule has 2 N–H and O–H groups in total. The quantitative estimate of drug-likeness (QED) is 0.802. The zero-order chi connectivity index (χ0) is 15.0. The fraction of sp³-hybridized carbons (Fsp3) is 0.500. The summed E-state index contributed by atoms with van der Waals surface area (Å²) < 4.78 is 0. The van der Waals surface area contributed by atoms with Gasteiger partial charge in [-0.05, 0) is 25.0 Å². The molecule has 1 aromatic carbocycles. The summed E-state index contributed by atoms with van der Waals surface area (Å²) in [4.78, 5) is 23.5. The molecule has 0 fully saturated rings. The van der Waals surface area contributed by atoms with E-state index in [1.165, 1.54) is 0 Å². The second-order valence-electron chi connectivity index (χ2n) is 5.04. The summed E-state index contributed by atoms with van der Waals surface area (Å²) in [6.07, 6.45) is 2.10. The van der Waals surface area contributed by atoms with Crippen molar-refractivity contribution in [1.82, 2.24) is 10.6 Å². The fourth-order valence-electron chi connectivity index (χ4n) is 1.87. The molecule has 0 aliphatic rings. The van der Waals surface area contributed by atoms with Crippen molar-refractivity contribution < 1.29 is 9.59 Å². The molecule has 4 nitrogen and oxygen atoms in total. The van der Waals surface area contributed by atoms with Crippen molar-refractivity contribution >= 4 is 11.8 Å². The monoisotopic (exact) mass is 276 g/mol. The Balaban J connectivity index is 2.33. The van der Waals surface area contributed by atoms with E-state index in [4.69, 9.17) is 0 Å². The van der Waals surface area contributed by atoms with Crippen LogP contribution in [0.1, 0.15) is 42.6 Å². The van der Waals surface area contributed by atoms with Gasteiger partial charge in [0.05, 0.1) is 6.54 Å². The maximum atomic E-state index is 11.8. The first-order valence-corrected chi connectivity index (χ1v) is 7.18. The van der Waals surface area contributed by atoms with E-state index in [2.05, 4.69) is 24.5 Å². The van der Waals surface area contributed by atoms with Crippen LogP contribution in [0.3, 0.4) is 0 Å². The molecule has 0 unspecified atom stereocenters. The van der Waals surface area contributed by atoms with Crippen molar-refractivity contribution in [3.63, 3.8) is 0 Å². The van der Waals surface area contributed by atoms with Gasteiger partial charge < -0.3 is 10.6 Å². The Bertz CT molecular complexity index is 436. The zero-order valence-electron chi connectivity index (χ0n) is 12.5. The lowest BCUT2D eigenvalue weighted by atomic mass is 10.0. The normalized spacial score (nSPS) is 10.4. The van der Waals surface area contributed by atoms with E-state index in [0.717, 1.165) is 18.4 Å². The van der Waals surface area contributed by atoms with Gasteiger partial charge in [-0.3, -0.25) is 9.59 Å². The van der Waals surface area contributed by atoms with Crippen molar-refractivity contribution in [2.75, 3.05) is 13.1 Å². The topological polar surface area (TPSA) is 58.2 Å². The van der Waals surface area contributed by atoms with Gasteiger partial charge >= 0.3 is 0 Å². The zero-order valence-corrected chi connectivity index (χ0v) is 12.5. The molecular formula is C16H24N2O2. The maximum absolute atomic E-state index is 11.8. The van der Waals surface area contributed by atoms with Crippen LogP contribution in [0.2, 0.25) is 0 Å². The Hall–Kier alpha value is -1.84. The third-order valence-corrected chi connectivity index (χ3v) is 3.47. The Labute approximate surface area is 121 Å². The van der Waals surface area contributed by atoms with Gasteiger partial charge in [-0.25, -0.2) is 0 Å². The highest BCUT2D eigenvalue weighted by Crippen LogP contribution is 2.05. The molecule has 0 bridgehead atoms. The van der Waals surface area contributed by atoms with Gasteiger partial charge in [0.25, 0.3) is 5.91 Å². The van der Waals surface area contributed by atoms with Gasteiger partial charge in [-0.15, -0.1) is 0 Å². The molecule has 2 amide bonds. The molecule has 0 aliphatic heterocycles. The molecular weight excluding hydrogens is 252 g/mol. The highest BCUT2D eigenvalue weighted by Gasteiger charge is 2.09. The predicted octanol–water partition coefficient (Wildman–Crippen LogP) is 2.28. The van der Waals surface area contributed by atoms with Gasteiger partial charge in [0, 0.05) is 12.1 Å². The highest BCUT2D eigenvalue weighted by molar-refractivity contribution is 5.96. The van der Waals surface area contributed by atoms with Gasteiger partial charge in [-0.1, -0.05) is 44.4 Å². The molecule has 1 aromatic rings. The molecule has 4 heteroatoms. The Morgan fingerprint density at radius 1 is 1.05 bits per heavy atom. The molecule has 0 heterocycles. The van der Waals surface area contributed by atoms with Gasteiger partial charge in [0.2, 0.25) is 5.91 Å². The number of carbonyl (C=O) groups is 2. The first kappa shape index (κ1) is 16.2. The molecule has 0 radical (unpaired) electrons. The van der Waals surface area contributed by atoms with Gasteiger partial charge in [0.15, 0.2) is 0 Å². The Morgan fingerprint density at radius 2 is 1.65 bits per heavy atom. The average Bonchev–Trinajstić information content (AvgIpc) is 2.46. The summed E-state index contributed by atoms with van der Waals surface area (Å²) in [5.41, 5.74) is 1.67. The molecule has 0 atom stereocenters. The van der Waals surface area contributed by atoms with E-state index in [-0.39, 0.29) is 18.4 Å². The van der Waals surface area contributed by atoms with Crippen LogP contribution in [-0.2, 0) is 4.79 Å². The second-order valence-corrected chi connectivity index (χ2v) is 5.04. The predicted molar refractivity (Wildman–Crippen MR) is 80.6 cm³/mol. The number of rotatable bonds is 7. The summed E-state index contributed by atoms with van der Waals surface area (Å²) in [6.45, 7) is 6.88. The number of hydrogen-bond donors (Lipinski definition) is 2. The van der Waals surface area contributed by atoms with E-state index in [1.807, 2.05) is 19.1 Å². The summed E-state index contributed by atoms with van der Waals surface area (Å²) in [7, 11) is 0. The van der Waals surface area contributed by atoms with Crippen molar-refractivity contribution in [3.05, 3.63) is 35.4 Å². The SMILES string of the molecule is CCC(CC)CNC(=O)CNC(=O)c1ccc(C)cc1. The molecule has 0 saturated heterocycles. The van der Waals surface area contributed by atoms with Crippen molar-refractivity contribution in [1.29, 1.82) is 0 Å². The first-order valence-electron chi connectivity index (χ1n) is 7.18. The molecule has 20 heavy (non-hydrogen) atoms. The van der Waals surface area contributed by atoms with Gasteiger partial charge in [-0.2, -0.15) is 0 Å². The number of amides is 2. The highest BCUT2D eigenvalue weighted by atomic mass is 16.2. The van der Waals surface area contributed by atoms with Crippen molar-refractivity contribution in [2.45, 2.75) is 33.6 Å². The second kappa shape index (κ2) is 8.35. The van der Waals surface area contributed by atoms with Crippen LogP contribution >= 0.6 is 0 Å². The van der Waals surface area contributed by atoms with Crippen LogP contribution < -0.4 is 10.6 Å². The van der Waals surface area contributed by atoms with E-state index >= 15 is 0 Å². The molecule has 110 valence electrons. The third kappa shape index (κ3) is 5.43. The van der Waals surface area contributed by atoms with E-state index in [0.29, 0.717) is 18.0 Å². The van der Waals surface area contributed by atoms with Crippen LogP contribution in [0.4, 0.5) is 0 Å². The Kier molecular flexibility index (Phi) is 6.77. The summed E-state index contributed by atoms with van der Waals surface area (Å²) in [5, 5.41) is 5.47. The molecule has 1 rings (SSSR count). The third-order valence-electron chi connectivity index (χ3n) is 3.47. The Morgan fingerprint density at radius 3 is 2.20 bits per heavy atom. The lowest BCUT2D eigenvalue weighted by molar-refractivity contribution is -0.120. The first-order chi connectivity index (χ1) is 9.56. The number of carbonyl (C=O) groups excluding carboxylic acids is 2. The smallest absolute Gasteiger partial charge is 0.251 e. The summed E-state index contributed by atoms with van der Waals surface area (Å²) >= 11 is 0. The minimum atomic E-state index is -0.220. The molecule has 0 saturated carbocycles. The summed E-state index contributed by atoms with van der Waals surface area (Å²) in [6, 6.07) is 7.27. The lowest BCUT2D eigenvalue weighted by Gasteiger charge is -2.13. The van der Waals surface area contributed by atoms with E-state index in [9.17, 15) is 9.59 Å². The van der Waals surface area contributed by atoms with Crippen LogP contribution in [0.5, 0.6) is 0 Å². The van der Waals surface area contributed by atoms with Crippen molar-refractivity contribution in [2.24, 2.45) is 5.92 Å². The van der Waals surface area contributed by atoms with Crippen molar-refractivity contribution in [3.8, 4) is 0 Å². The van der Waals surface area contributed by atoms with Crippen LogP contribution in [0, 0.1) is 12.8 Å². The fourth-order valence-corrected chi connectivity index (χ4v) is 1.87. The minimum absolute atomic E-state index is 0.0207. The van der Waals surface area contributed by atoms with E-state index < -0.39 is 0 Å².